The van der Waals surface area contributed by atoms with Gasteiger partial charge in [0.05, 0.1) is 5.60 Å². The van der Waals surface area contributed by atoms with E-state index in [1.807, 2.05) is 31.2 Å². The summed E-state index contributed by atoms with van der Waals surface area (Å²) in [7, 11) is 0. The van der Waals surface area contributed by atoms with Crippen molar-refractivity contribution >= 4 is 21.8 Å². The van der Waals surface area contributed by atoms with E-state index < -0.39 is 5.60 Å². The van der Waals surface area contributed by atoms with E-state index in [0.29, 0.717) is 25.8 Å². The largest absolute Gasteiger partial charge is 0.388 e. The first kappa shape index (κ1) is 15.2. The van der Waals surface area contributed by atoms with Crippen LogP contribution in [0.1, 0.15) is 32.3 Å². The molecule has 0 saturated heterocycles. The molecule has 2 N–H and O–H groups in total. The minimum Gasteiger partial charge on any atom is -0.388 e. The van der Waals surface area contributed by atoms with Crippen molar-refractivity contribution in [2.75, 3.05) is 6.54 Å². The van der Waals surface area contributed by atoms with Gasteiger partial charge in [0, 0.05) is 17.4 Å². The monoisotopic (exact) mass is 313 g/mol. The number of nitrogens with one attached hydrogen (secondary N) is 1. The molecule has 0 bridgehead atoms. The van der Waals surface area contributed by atoms with Crippen molar-refractivity contribution in [3.63, 3.8) is 0 Å². The number of aryl methyl sites for hydroxylation is 1. The molecule has 3 nitrogen and oxygen atoms in total. The molecule has 1 atom stereocenters. The molecule has 4 heteroatoms. The van der Waals surface area contributed by atoms with E-state index in [4.69, 9.17) is 0 Å². The standard InChI is InChI=1S/C14H20BrNO2/c1-3-14(2,18)10-16-13(17)8-7-11-5-4-6-12(15)9-11/h4-6,9,18H,3,7-8,10H2,1-2H3,(H,16,17). The van der Waals surface area contributed by atoms with Crippen LogP contribution in [0.4, 0.5) is 0 Å². The molecule has 1 unspecified atom stereocenters. The van der Waals surface area contributed by atoms with Gasteiger partial charge in [-0.15, -0.1) is 0 Å². The fourth-order valence-electron chi connectivity index (χ4n) is 1.45. The third kappa shape index (κ3) is 5.65. The highest BCUT2D eigenvalue weighted by Gasteiger charge is 2.18. The van der Waals surface area contributed by atoms with E-state index in [1.54, 1.807) is 6.92 Å². The number of carbonyl (C=O) groups excluding carboxylic acids is 1. The van der Waals surface area contributed by atoms with Crippen LogP contribution < -0.4 is 5.32 Å². The van der Waals surface area contributed by atoms with Gasteiger partial charge < -0.3 is 10.4 Å². The van der Waals surface area contributed by atoms with Crippen molar-refractivity contribution in [1.82, 2.24) is 5.32 Å². The minimum atomic E-state index is -0.814. The highest BCUT2D eigenvalue weighted by atomic mass is 79.9. The van der Waals surface area contributed by atoms with Crippen LogP contribution in [-0.4, -0.2) is 23.2 Å². The summed E-state index contributed by atoms with van der Waals surface area (Å²) < 4.78 is 1.02. The first-order chi connectivity index (χ1) is 8.43. The smallest absolute Gasteiger partial charge is 0.220 e. The van der Waals surface area contributed by atoms with Crippen LogP contribution in [0.15, 0.2) is 28.7 Å². The van der Waals surface area contributed by atoms with Gasteiger partial charge >= 0.3 is 0 Å². The van der Waals surface area contributed by atoms with Crippen LogP contribution >= 0.6 is 15.9 Å². The minimum absolute atomic E-state index is 0.0244. The first-order valence-corrected chi connectivity index (χ1v) is 6.96. The van der Waals surface area contributed by atoms with Gasteiger partial charge in [-0.05, 0) is 37.5 Å². The number of hydrogen-bond donors (Lipinski definition) is 2. The van der Waals surface area contributed by atoms with Crippen LogP contribution in [0.3, 0.4) is 0 Å². The molecule has 0 saturated carbocycles. The fourth-order valence-corrected chi connectivity index (χ4v) is 1.90. The quantitative estimate of drug-likeness (QED) is 0.848. The third-order valence-corrected chi connectivity index (χ3v) is 3.45. The van der Waals surface area contributed by atoms with E-state index in [-0.39, 0.29) is 5.91 Å². The molecule has 0 radical (unpaired) electrons. The highest BCUT2D eigenvalue weighted by molar-refractivity contribution is 9.10. The summed E-state index contributed by atoms with van der Waals surface area (Å²) in [6.07, 6.45) is 1.77. The summed E-state index contributed by atoms with van der Waals surface area (Å²) in [5, 5.41) is 12.5. The Bertz CT molecular complexity index is 405. The maximum atomic E-state index is 11.6. The molecular formula is C14H20BrNO2. The lowest BCUT2D eigenvalue weighted by molar-refractivity contribution is -0.122. The van der Waals surface area contributed by atoms with Crippen molar-refractivity contribution in [1.29, 1.82) is 0 Å². The second-order valence-corrected chi connectivity index (χ2v) is 5.67. The number of aliphatic hydroxyl groups is 1. The molecule has 18 heavy (non-hydrogen) atoms. The first-order valence-electron chi connectivity index (χ1n) is 6.16. The van der Waals surface area contributed by atoms with Gasteiger partial charge in [0.2, 0.25) is 5.91 Å². The highest BCUT2D eigenvalue weighted by Crippen LogP contribution is 2.13. The zero-order valence-corrected chi connectivity index (χ0v) is 12.5. The van der Waals surface area contributed by atoms with Crippen molar-refractivity contribution in [3.8, 4) is 0 Å². The van der Waals surface area contributed by atoms with Gasteiger partial charge in [-0.3, -0.25) is 4.79 Å². The Labute approximate surface area is 117 Å². The SMILES string of the molecule is CCC(C)(O)CNC(=O)CCc1cccc(Br)c1. The average molecular weight is 314 g/mol. The molecular weight excluding hydrogens is 294 g/mol. The molecule has 0 aliphatic carbocycles. The number of amides is 1. The fraction of sp³-hybridized carbons (Fsp3) is 0.500. The van der Waals surface area contributed by atoms with Gasteiger partial charge in [0.1, 0.15) is 0 Å². The molecule has 1 aromatic rings. The topological polar surface area (TPSA) is 49.3 Å². The van der Waals surface area contributed by atoms with Crippen LogP contribution in [0.2, 0.25) is 0 Å². The summed E-state index contributed by atoms with van der Waals surface area (Å²) in [6, 6.07) is 7.93. The molecule has 0 spiro atoms. The van der Waals surface area contributed by atoms with Crippen LogP contribution in [0, 0.1) is 0 Å². The molecule has 0 fully saturated rings. The zero-order valence-electron chi connectivity index (χ0n) is 10.9. The van der Waals surface area contributed by atoms with E-state index in [2.05, 4.69) is 21.2 Å². The summed E-state index contributed by atoms with van der Waals surface area (Å²) in [5.74, 6) is -0.0244. The van der Waals surface area contributed by atoms with Crippen LogP contribution in [0.5, 0.6) is 0 Å². The molecule has 100 valence electrons. The van der Waals surface area contributed by atoms with E-state index in [1.165, 1.54) is 0 Å². The van der Waals surface area contributed by atoms with Crippen LogP contribution in [-0.2, 0) is 11.2 Å². The van der Waals surface area contributed by atoms with E-state index >= 15 is 0 Å². The summed E-state index contributed by atoms with van der Waals surface area (Å²) in [6.45, 7) is 3.93. The Kier molecular flexibility index (Phi) is 5.82. The number of hydrogen-bond acceptors (Lipinski definition) is 2. The van der Waals surface area contributed by atoms with Gasteiger partial charge in [0.15, 0.2) is 0 Å². The number of halogens is 1. The van der Waals surface area contributed by atoms with Crippen molar-refractivity contribution < 1.29 is 9.90 Å². The average Bonchev–Trinajstić information content (AvgIpc) is 2.34. The molecule has 0 aliphatic rings. The normalized spacial score (nSPS) is 14.0. The van der Waals surface area contributed by atoms with Gasteiger partial charge in [-0.25, -0.2) is 0 Å². The molecule has 0 aromatic heterocycles. The van der Waals surface area contributed by atoms with Crippen molar-refractivity contribution in [2.45, 2.75) is 38.7 Å². The van der Waals surface area contributed by atoms with Crippen molar-refractivity contribution in [3.05, 3.63) is 34.3 Å². The lowest BCUT2D eigenvalue weighted by atomic mass is 10.0. The Morgan fingerprint density at radius 2 is 2.22 bits per heavy atom. The Balaban J connectivity index is 2.34. The van der Waals surface area contributed by atoms with Gasteiger partial charge in [-0.1, -0.05) is 35.0 Å². The Morgan fingerprint density at radius 1 is 1.50 bits per heavy atom. The Hall–Kier alpha value is -0.870. The summed E-state index contributed by atoms with van der Waals surface area (Å²) in [5.41, 5.74) is 0.313. The predicted molar refractivity (Wildman–Crippen MR) is 76.4 cm³/mol. The number of carbonyl (C=O) groups is 1. The molecule has 1 amide bonds. The van der Waals surface area contributed by atoms with Gasteiger partial charge in [0.25, 0.3) is 0 Å². The molecule has 1 aromatic carbocycles. The summed E-state index contributed by atoms with van der Waals surface area (Å²) >= 11 is 3.40. The second kappa shape index (κ2) is 6.90. The van der Waals surface area contributed by atoms with Gasteiger partial charge in [-0.2, -0.15) is 0 Å². The predicted octanol–water partition coefficient (Wildman–Crippen LogP) is 2.66. The zero-order chi connectivity index (χ0) is 13.6. The van der Waals surface area contributed by atoms with E-state index in [0.717, 1.165) is 10.0 Å². The van der Waals surface area contributed by atoms with Crippen molar-refractivity contribution in [2.24, 2.45) is 0 Å². The molecule has 0 aliphatic heterocycles. The lowest BCUT2D eigenvalue weighted by Crippen LogP contribution is -2.40. The molecule has 1 rings (SSSR count). The Morgan fingerprint density at radius 3 is 2.83 bits per heavy atom. The second-order valence-electron chi connectivity index (χ2n) is 4.76. The lowest BCUT2D eigenvalue weighted by Gasteiger charge is -2.21. The van der Waals surface area contributed by atoms with Crippen LogP contribution in [0.25, 0.3) is 0 Å². The maximum Gasteiger partial charge on any atom is 0.220 e. The maximum absolute atomic E-state index is 11.6. The molecule has 0 heterocycles. The number of rotatable bonds is 6. The number of benzene rings is 1. The third-order valence-electron chi connectivity index (χ3n) is 2.96. The van der Waals surface area contributed by atoms with E-state index in [9.17, 15) is 9.90 Å². The summed E-state index contributed by atoms with van der Waals surface area (Å²) in [4.78, 5) is 11.6.